The lowest BCUT2D eigenvalue weighted by molar-refractivity contribution is 0.469. The van der Waals surface area contributed by atoms with E-state index in [1.165, 1.54) is 5.57 Å². The number of benzene rings is 1. The molecule has 0 aliphatic heterocycles. The summed E-state index contributed by atoms with van der Waals surface area (Å²) < 4.78 is 0. The Hall–Kier alpha value is -1.24. The van der Waals surface area contributed by atoms with Gasteiger partial charge in [-0.2, -0.15) is 0 Å². The third kappa shape index (κ3) is 2.11. The van der Waals surface area contributed by atoms with Crippen LogP contribution in [0.1, 0.15) is 30.5 Å². The van der Waals surface area contributed by atoms with Crippen molar-refractivity contribution >= 4 is 6.08 Å². The number of phenolic OH excluding ortho intramolecular Hbond substituents is 1. The molecule has 0 aliphatic rings. The third-order valence-electron chi connectivity index (χ3n) is 2.07. The summed E-state index contributed by atoms with van der Waals surface area (Å²) in [6.45, 7) is 7.98. The molecule has 0 heterocycles. The first-order valence-corrected chi connectivity index (χ1v) is 4.46. The number of hydrogen-bond donors (Lipinski definition) is 1. The van der Waals surface area contributed by atoms with Crippen LogP contribution in [-0.4, -0.2) is 5.11 Å². The van der Waals surface area contributed by atoms with Gasteiger partial charge in [-0.25, -0.2) is 0 Å². The van der Waals surface area contributed by atoms with E-state index >= 15 is 0 Å². The van der Waals surface area contributed by atoms with Gasteiger partial charge in [0.15, 0.2) is 0 Å². The smallest absolute Gasteiger partial charge is 0.125 e. The third-order valence-corrected chi connectivity index (χ3v) is 2.07. The maximum Gasteiger partial charge on any atom is 0.125 e. The quantitative estimate of drug-likeness (QED) is 0.695. The molecule has 0 atom stereocenters. The van der Waals surface area contributed by atoms with Crippen molar-refractivity contribution in [3.8, 4) is 5.75 Å². The van der Waals surface area contributed by atoms with Gasteiger partial charge in [0.2, 0.25) is 0 Å². The van der Waals surface area contributed by atoms with Crippen molar-refractivity contribution in [2.45, 2.75) is 27.7 Å². The molecule has 0 bridgehead atoms. The standard InChI is InChI=1S/C12H16O/c1-8(2)7-11-9(3)5-6-10(4)12(11)13/h5-7,13H,1-4H3. The summed E-state index contributed by atoms with van der Waals surface area (Å²) >= 11 is 0. The molecule has 1 N–H and O–H groups in total. The molecule has 0 saturated carbocycles. The molecule has 1 aromatic rings. The Morgan fingerprint density at radius 1 is 1.15 bits per heavy atom. The Balaban J connectivity index is 3.34. The Kier molecular flexibility index (Phi) is 2.76. The highest BCUT2D eigenvalue weighted by Crippen LogP contribution is 2.27. The molecular weight excluding hydrogens is 160 g/mol. The van der Waals surface area contributed by atoms with Crippen molar-refractivity contribution < 1.29 is 5.11 Å². The van der Waals surface area contributed by atoms with Gasteiger partial charge in [-0.3, -0.25) is 0 Å². The van der Waals surface area contributed by atoms with Gasteiger partial charge in [-0.15, -0.1) is 0 Å². The summed E-state index contributed by atoms with van der Waals surface area (Å²) in [6, 6.07) is 3.97. The van der Waals surface area contributed by atoms with E-state index in [9.17, 15) is 5.11 Å². The fraction of sp³-hybridized carbons (Fsp3) is 0.333. The predicted octanol–water partition coefficient (Wildman–Crippen LogP) is 3.43. The number of phenols is 1. The van der Waals surface area contributed by atoms with Gasteiger partial charge in [-0.05, 0) is 38.8 Å². The molecule has 1 rings (SSSR count). The van der Waals surface area contributed by atoms with Crippen molar-refractivity contribution in [1.82, 2.24) is 0 Å². The van der Waals surface area contributed by atoms with Crippen LogP contribution >= 0.6 is 0 Å². The van der Waals surface area contributed by atoms with Gasteiger partial charge >= 0.3 is 0 Å². The molecule has 0 radical (unpaired) electrons. The van der Waals surface area contributed by atoms with Crippen LogP contribution in [0.25, 0.3) is 6.08 Å². The zero-order chi connectivity index (χ0) is 10.0. The molecule has 1 aromatic carbocycles. The number of allylic oxidation sites excluding steroid dienone is 1. The summed E-state index contributed by atoms with van der Waals surface area (Å²) in [5, 5.41) is 9.78. The molecule has 0 saturated heterocycles. The molecule has 0 fully saturated rings. The van der Waals surface area contributed by atoms with Gasteiger partial charge < -0.3 is 5.11 Å². The highest BCUT2D eigenvalue weighted by atomic mass is 16.3. The molecular formula is C12H16O. The second-order valence-electron chi connectivity index (χ2n) is 3.68. The van der Waals surface area contributed by atoms with Crippen molar-refractivity contribution in [3.63, 3.8) is 0 Å². The molecule has 0 aliphatic carbocycles. The highest BCUT2D eigenvalue weighted by Gasteiger charge is 2.04. The average molecular weight is 176 g/mol. The molecule has 0 spiro atoms. The van der Waals surface area contributed by atoms with E-state index in [0.717, 1.165) is 16.7 Å². The van der Waals surface area contributed by atoms with Gasteiger partial charge in [0.05, 0.1) is 0 Å². The molecule has 0 unspecified atom stereocenters. The predicted molar refractivity (Wildman–Crippen MR) is 56.9 cm³/mol. The lowest BCUT2D eigenvalue weighted by Gasteiger charge is -2.07. The monoisotopic (exact) mass is 176 g/mol. The average Bonchev–Trinajstić information content (AvgIpc) is 2.05. The summed E-state index contributed by atoms with van der Waals surface area (Å²) in [7, 11) is 0. The maximum absolute atomic E-state index is 9.78. The van der Waals surface area contributed by atoms with E-state index in [4.69, 9.17) is 0 Å². The molecule has 13 heavy (non-hydrogen) atoms. The minimum Gasteiger partial charge on any atom is -0.507 e. The second-order valence-corrected chi connectivity index (χ2v) is 3.68. The van der Waals surface area contributed by atoms with Crippen molar-refractivity contribution in [2.75, 3.05) is 0 Å². The number of rotatable bonds is 1. The largest absolute Gasteiger partial charge is 0.507 e. The van der Waals surface area contributed by atoms with Gasteiger partial charge in [0.25, 0.3) is 0 Å². The second kappa shape index (κ2) is 3.65. The topological polar surface area (TPSA) is 20.2 Å². The van der Waals surface area contributed by atoms with Crippen molar-refractivity contribution in [1.29, 1.82) is 0 Å². The fourth-order valence-electron chi connectivity index (χ4n) is 1.29. The Labute approximate surface area is 79.7 Å². The highest BCUT2D eigenvalue weighted by molar-refractivity contribution is 5.64. The lowest BCUT2D eigenvalue weighted by Crippen LogP contribution is -1.85. The zero-order valence-electron chi connectivity index (χ0n) is 8.68. The number of aromatic hydroxyl groups is 1. The SMILES string of the molecule is CC(C)=Cc1c(C)ccc(C)c1O. The summed E-state index contributed by atoms with van der Waals surface area (Å²) in [5.74, 6) is 0.404. The van der Waals surface area contributed by atoms with E-state index < -0.39 is 0 Å². The molecule has 0 aromatic heterocycles. The minimum absolute atomic E-state index is 0.404. The van der Waals surface area contributed by atoms with Crippen LogP contribution in [0.4, 0.5) is 0 Å². The first-order chi connectivity index (χ1) is 6.02. The van der Waals surface area contributed by atoms with E-state index in [1.807, 2.05) is 45.9 Å². The molecule has 70 valence electrons. The minimum atomic E-state index is 0.404. The van der Waals surface area contributed by atoms with Crippen LogP contribution in [0.3, 0.4) is 0 Å². The normalized spacial score (nSPS) is 9.85. The summed E-state index contributed by atoms with van der Waals surface area (Å²) in [6.07, 6.45) is 2.01. The number of aryl methyl sites for hydroxylation is 2. The van der Waals surface area contributed by atoms with Crippen molar-refractivity contribution in [3.05, 3.63) is 34.4 Å². The van der Waals surface area contributed by atoms with Crippen LogP contribution in [0.15, 0.2) is 17.7 Å². The van der Waals surface area contributed by atoms with Crippen LogP contribution in [0.5, 0.6) is 5.75 Å². The van der Waals surface area contributed by atoms with Crippen LogP contribution in [0.2, 0.25) is 0 Å². The first-order valence-electron chi connectivity index (χ1n) is 4.46. The maximum atomic E-state index is 9.78. The van der Waals surface area contributed by atoms with Gasteiger partial charge in [0.1, 0.15) is 5.75 Å². The van der Waals surface area contributed by atoms with E-state index in [0.29, 0.717) is 5.75 Å². The van der Waals surface area contributed by atoms with E-state index in [2.05, 4.69) is 0 Å². The van der Waals surface area contributed by atoms with Crippen LogP contribution in [0, 0.1) is 13.8 Å². The fourth-order valence-corrected chi connectivity index (χ4v) is 1.29. The van der Waals surface area contributed by atoms with Crippen molar-refractivity contribution in [2.24, 2.45) is 0 Å². The molecule has 1 heteroatoms. The van der Waals surface area contributed by atoms with Gasteiger partial charge in [0, 0.05) is 5.56 Å². The Morgan fingerprint density at radius 2 is 1.69 bits per heavy atom. The molecule has 1 nitrogen and oxygen atoms in total. The first kappa shape index (κ1) is 9.85. The summed E-state index contributed by atoms with van der Waals surface area (Å²) in [5.41, 5.74) is 4.19. The van der Waals surface area contributed by atoms with Gasteiger partial charge in [-0.1, -0.05) is 23.8 Å². The van der Waals surface area contributed by atoms with E-state index in [1.54, 1.807) is 0 Å². The van der Waals surface area contributed by atoms with Crippen LogP contribution in [-0.2, 0) is 0 Å². The summed E-state index contributed by atoms with van der Waals surface area (Å²) in [4.78, 5) is 0. The Bertz CT molecular complexity index is 344. The Morgan fingerprint density at radius 3 is 2.23 bits per heavy atom. The zero-order valence-corrected chi connectivity index (χ0v) is 8.68. The number of hydrogen-bond acceptors (Lipinski definition) is 1. The lowest BCUT2D eigenvalue weighted by atomic mass is 10.0. The van der Waals surface area contributed by atoms with E-state index in [-0.39, 0.29) is 0 Å². The molecule has 0 amide bonds. The van der Waals surface area contributed by atoms with Crippen LogP contribution < -0.4 is 0 Å².